The molecule has 14 aromatic carbocycles. The standard InChI is InChI=1S/C42H26N2.C30H27BO2.C18H11BrN2/c1-2-10-27(11-3-1)39-24-20-28-18-19-29-21-25-40(44-42(29)41(28)43-39)37-23-22-36(33-15-7-8-16-34(33)37)38-26-30-12-4-5-13-31(30)32-14-6-9-17-35(32)38;1-29(2)30(3,4)33-31(32-29)28-18-17-25(23-14-9-10-16-26(23)28)27-19-20-11-5-6-12-21(20)22-13-7-8-15-24(22)27;19-16-11-9-14-7-6-13-8-10-15(12-4-2-1-3-5-12)20-17(13)18(14)21-16/h1-26H;5-19H,1-4H3;1-11H. The zero-order valence-corrected chi connectivity index (χ0v) is 56.2. The van der Waals surface area contributed by atoms with E-state index in [-0.39, 0.29) is 18.3 Å². The third-order valence-electron chi connectivity index (χ3n) is 19.9. The maximum Gasteiger partial charge on any atom is 0.495 e. The van der Waals surface area contributed by atoms with Crippen molar-refractivity contribution >= 4 is 137 Å². The first kappa shape index (κ1) is 60.4. The van der Waals surface area contributed by atoms with Crippen LogP contribution in [0, 0.1) is 0 Å². The van der Waals surface area contributed by atoms with E-state index in [2.05, 4.69) is 334 Å². The van der Waals surface area contributed by atoms with Gasteiger partial charge < -0.3 is 9.31 Å². The lowest BCUT2D eigenvalue weighted by molar-refractivity contribution is 0.00578. The smallest absolute Gasteiger partial charge is 0.399 e. The predicted molar refractivity (Wildman–Crippen MR) is 416 cm³/mol. The summed E-state index contributed by atoms with van der Waals surface area (Å²) in [5.41, 5.74) is 15.2. The number of halogens is 1. The summed E-state index contributed by atoms with van der Waals surface area (Å²) in [6.45, 7) is 8.41. The highest BCUT2D eigenvalue weighted by Crippen LogP contribution is 2.44. The van der Waals surface area contributed by atoms with Crippen molar-refractivity contribution in [3.05, 3.63) is 320 Å². The number of hydrogen-bond acceptors (Lipinski definition) is 6. The van der Waals surface area contributed by atoms with E-state index in [0.717, 1.165) is 87.4 Å². The molecule has 1 fully saturated rings. The first-order valence-corrected chi connectivity index (χ1v) is 34.2. The average molecular weight is 1320 g/mol. The minimum absolute atomic E-state index is 0.369. The Labute approximate surface area is 577 Å². The van der Waals surface area contributed by atoms with E-state index < -0.39 is 0 Å². The van der Waals surface area contributed by atoms with Gasteiger partial charge in [0.15, 0.2) is 0 Å². The van der Waals surface area contributed by atoms with E-state index >= 15 is 0 Å². The third-order valence-corrected chi connectivity index (χ3v) is 20.4. The topological polar surface area (TPSA) is 70.0 Å². The van der Waals surface area contributed by atoms with Gasteiger partial charge in [0.2, 0.25) is 0 Å². The van der Waals surface area contributed by atoms with Crippen LogP contribution in [0.1, 0.15) is 27.7 Å². The van der Waals surface area contributed by atoms with Crippen molar-refractivity contribution in [3.8, 4) is 56.0 Å². The molecule has 0 atom stereocenters. The van der Waals surface area contributed by atoms with Crippen LogP contribution < -0.4 is 5.46 Å². The minimum Gasteiger partial charge on any atom is -0.399 e. The van der Waals surface area contributed by atoms with Crippen LogP contribution >= 0.6 is 15.9 Å². The zero-order chi connectivity index (χ0) is 66.1. The normalized spacial score (nSPS) is 13.4. The summed E-state index contributed by atoms with van der Waals surface area (Å²) >= 11 is 3.44. The Kier molecular flexibility index (Phi) is 15.3. The molecule has 0 unspecified atom stereocenters. The van der Waals surface area contributed by atoms with E-state index in [1.165, 1.54) is 86.9 Å². The molecule has 0 amide bonds. The van der Waals surface area contributed by atoms with Gasteiger partial charge in [-0.2, -0.15) is 0 Å². The highest BCUT2D eigenvalue weighted by molar-refractivity contribution is 9.10. The second-order valence-corrected chi connectivity index (χ2v) is 27.1. The Morgan fingerprint density at radius 2 is 0.571 bits per heavy atom. The first-order chi connectivity index (χ1) is 48.0. The Hall–Kier alpha value is -11.3. The van der Waals surface area contributed by atoms with Gasteiger partial charge in [0, 0.05) is 38.2 Å². The molecule has 0 N–H and O–H groups in total. The third kappa shape index (κ3) is 10.9. The number of nitrogens with zero attached hydrogens (tertiary/aromatic N) is 4. The Morgan fingerprint density at radius 3 is 1.04 bits per heavy atom. The van der Waals surface area contributed by atoms with Crippen molar-refractivity contribution in [1.82, 2.24) is 19.9 Å². The van der Waals surface area contributed by atoms with Crippen LogP contribution in [-0.4, -0.2) is 38.3 Å². The van der Waals surface area contributed by atoms with E-state index in [1.54, 1.807) is 0 Å². The quantitative estimate of drug-likeness (QED) is 0.0939. The largest absolute Gasteiger partial charge is 0.495 e. The van der Waals surface area contributed by atoms with Crippen molar-refractivity contribution in [2.24, 2.45) is 0 Å². The molecule has 4 aromatic heterocycles. The lowest BCUT2D eigenvalue weighted by Crippen LogP contribution is -2.41. The highest BCUT2D eigenvalue weighted by atomic mass is 79.9. The predicted octanol–water partition coefficient (Wildman–Crippen LogP) is 23.6. The van der Waals surface area contributed by atoms with Crippen molar-refractivity contribution < 1.29 is 9.31 Å². The Bertz CT molecular complexity index is 6160. The van der Waals surface area contributed by atoms with Crippen molar-refractivity contribution in [2.75, 3.05) is 0 Å². The monoisotopic (exact) mass is 1320 g/mol. The average Bonchev–Trinajstić information content (AvgIpc) is 1.54. The van der Waals surface area contributed by atoms with Gasteiger partial charge in [-0.3, -0.25) is 0 Å². The van der Waals surface area contributed by atoms with Crippen LogP contribution in [0.2, 0.25) is 0 Å². The molecule has 19 rings (SSSR count). The summed E-state index contributed by atoms with van der Waals surface area (Å²) < 4.78 is 13.6. The Morgan fingerprint density at radius 1 is 0.255 bits per heavy atom. The van der Waals surface area contributed by atoms with Gasteiger partial charge in [0.05, 0.1) is 50.4 Å². The number of pyridine rings is 4. The van der Waals surface area contributed by atoms with Gasteiger partial charge in [-0.25, -0.2) is 19.9 Å². The Balaban J connectivity index is 0.000000118. The second kappa shape index (κ2) is 24.7. The first-order valence-electron chi connectivity index (χ1n) is 33.4. The van der Waals surface area contributed by atoms with E-state index in [0.29, 0.717) is 0 Å². The number of fused-ring (bicyclic) bond motifs is 14. The van der Waals surface area contributed by atoms with Crippen LogP contribution in [0.5, 0.6) is 0 Å². The van der Waals surface area contributed by atoms with Gasteiger partial charge in [0.1, 0.15) is 4.60 Å². The molecule has 0 saturated carbocycles. The summed E-state index contributed by atoms with van der Waals surface area (Å²) in [7, 11) is -0.387. The molecule has 8 heteroatoms. The second-order valence-electron chi connectivity index (χ2n) is 26.3. The maximum atomic E-state index is 6.41. The van der Waals surface area contributed by atoms with Crippen molar-refractivity contribution in [2.45, 2.75) is 38.9 Å². The highest BCUT2D eigenvalue weighted by Gasteiger charge is 2.52. The lowest BCUT2D eigenvalue weighted by atomic mass is 9.74. The summed E-state index contributed by atoms with van der Waals surface area (Å²) in [5.74, 6) is 0. The van der Waals surface area contributed by atoms with E-state index in [4.69, 9.17) is 24.3 Å². The molecule has 0 aliphatic carbocycles. The molecular weight excluding hydrogens is 1260 g/mol. The number of rotatable bonds is 6. The molecule has 5 heterocycles. The lowest BCUT2D eigenvalue weighted by Gasteiger charge is -2.32. The van der Waals surface area contributed by atoms with Crippen LogP contribution in [0.25, 0.3) is 164 Å². The summed E-state index contributed by atoms with van der Waals surface area (Å²) in [4.78, 5) is 19.8. The van der Waals surface area contributed by atoms with Crippen LogP contribution in [0.3, 0.4) is 0 Å². The number of hydrogen-bond donors (Lipinski definition) is 0. The van der Waals surface area contributed by atoms with Gasteiger partial charge in [-0.15, -0.1) is 0 Å². The van der Waals surface area contributed by atoms with Gasteiger partial charge >= 0.3 is 7.12 Å². The fourth-order valence-corrected chi connectivity index (χ4v) is 14.6. The maximum absolute atomic E-state index is 6.41. The SMILES string of the molecule is Brc1ccc2ccc3ccc(-c4ccccc4)nc3c2n1.CC1(C)OB(c2ccc(-c3cc4ccccc4c4ccccc34)c3ccccc23)OC1(C)C.c1ccc(-c2ccc3ccc4ccc(-c5ccc(-c6cc7ccccc7c7ccccc67)c6ccccc56)nc4c3n2)cc1. The zero-order valence-electron chi connectivity index (χ0n) is 54.6. The van der Waals surface area contributed by atoms with E-state index in [1.807, 2.05) is 30.3 Å². The molecule has 466 valence electrons. The molecule has 6 nitrogen and oxygen atoms in total. The van der Waals surface area contributed by atoms with Crippen LogP contribution in [0.4, 0.5) is 0 Å². The number of aromatic nitrogens is 4. The molecule has 0 radical (unpaired) electrons. The van der Waals surface area contributed by atoms with Crippen molar-refractivity contribution in [1.29, 1.82) is 0 Å². The molecular formula is C90H64BBrN4O2. The summed E-state index contributed by atoms with van der Waals surface area (Å²) in [6, 6.07) is 111. The van der Waals surface area contributed by atoms with E-state index in [9.17, 15) is 0 Å². The van der Waals surface area contributed by atoms with Crippen LogP contribution in [-0.2, 0) is 9.31 Å². The summed E-state index contributed by atoms with van der Waals surface area (Å²) in [5, 5.41) is 19.3. The van der Waals surface area contributed by atoms with Gasteiger partial charge in [0.25, 0.3) is 0 Å². The van der Waals surface area contributed by atoms with Gasteiger partial charge in [-0.05, 0) is 172 Å². The number of benzene rings is 14. The molecule has 1 aliphatic heterocycles. The van der Waals surface area contributed by atoms with Gasteiger partial charge in [-0.1, -0.05) is 279 Å². The molecule has 0 spiro atoms. The molecule has 98 heavy (non-hydrogen) atoms. The van der Waals surface area contributed by atoms with Crippen molar-refractivity contribution in [3.63, 3.8) is 0 Å². The minimum atomic E-state index is -0.387. The fourth-order valence-electron chi connectivity index (χ4n) is 14.2. The summed E-state index contributed by atoms with van der Waals surface area (Å²) in [6.07, 6.45) is 0. The molecule has 1 aliphatic rings. The molecule has 18 aromatic rings. The van der Waals surface area contributed by atoms with Crippen LogP contribution in [0.15, 0.2) is 320 Å². The fraction of sp³-hybridized carbons (Fsp3) is 0.0667. The molecule has 0 bridgehead atoms. The molecule has 1 saturated heterocycles.